The third-order valence-corrected chi connectivity index (χ3v) is 5.58. The third kappa shape index (κ3) is 3.55. The summed E-state index contributed by atoms with van der Waals surface area (Å²) in [5.74, 6) is 1.54. The molecule has 0 saturated carbocycles. The number of thioether (sulfide) groups is 1. The van der Waals surface area contributed by atoms with Gasteiger partial charge in [0, 0.05) is 5.75 Å². The van der Waals surface area contributed by atoms with Gasteiger partial charge in [-0.25, -0.2) is 4.98 Å². The van der Waals surface area contributed by atoms with E-state index in [1.807, 2.05) is 42.6 Å². The molecule has 0 fully saturated rings. The van der Waals surface area contributed by atoms with Crippen LogP contribution in [0.15, 0.2) is 57.8 Å². The summed E-state index contributed by atoms with van der Waals surface area (Å²) in [6.45, 7) is 6.39. The van der Waals surface area contributed by atoms with Crippen LogP contribution in [-0.2, 0) is 6.54 Å². The number of fused-ring (bicyclic) bond motifs is 1. The maximum absolute atomic E-state index is 12.9. The Kier molecular flexibility index (Phi) is 5.06. The zero-order chi connectivity index (χ0) is 17.1. The Morgan fingerprint density at radius 2 is 2.08 bits per heavy atom. The fraction of sp³-hybridized carbons (Fsp3) is 0.222. The number of aromatic nitrogens is 2. The first-order valence-corrected chi connectivity index (χ1v) is 9.33. The summed E-state index contributed by atoms with van der Waals surface area (Å²) in [4.78, 5) is 17.5. The average molecular weight is 358 g/mol. The van der Waals surface area contributed by atoms with Crippen LogP contribution in [0.3, 0.4) is 0 Å². The Bertz CT molecular complexity index is 926. The highest BCUT2D eigenvalue weighted by atomic mass is 32.2. The molecule has 0 radical (unpaired) electrons. The number of benzene rings is 1. The first-order chi connectivity index (χ1) is 11.6. The molecule has 0 bridgehead atoms. The first kappa shape index (κ1) is 16.8. The van der Waals surface area contributed by atoms with E-state index in [1.54, 1.807) is 23.4 Å². The molecule has 6 heteroatoms. The van der Waals surface area contributed by atoms with Gasteiger partial charge in [0.15, 0.2) is 5.16 Å². The Labute approximate surface area is 148 Å². The molecule has 1 aromatic carbocycles. The van der Waals surface area contributed by atoms with Crippen LogP contribution in [0, 0.1) is 0 Å². The second kappa shape index (κ2) is 7.23. The summed E-state index contributed by atoms with van der Waals surface area (Å²) in [5.41, 5.74) is 2.86. The van der Waals surface area contributed by atoms with Crippen molar-refractivity contribution < 1.29 is 4.74 Å². The van der Waals surface area contributed by atoms with Gasteiger partial charge >= 0.3 is 0 Å². The van der Waals surface area contributed by atoms with Gasteiger partial charge in [0.05, 0.1) is 19.2 Å². The highest BCUT2D eigenvalue weighted by Crippen LogP contribution is 2.23. The second-order valence-corrected chi connectivity index (χ2v) is 7.37. The Morgan fingerprint density at radius 1 is 1.33 bits per heavy atom. The van der Waals surface area contributed by atoms with E-state index in [9.17, 15) is 4.79 Å². The van der Waals surface area contributed by atoms with Gasteiger partial charge in [-0.15, -0.1) is 11.3 Å². The van der Waals surface area contributed by atoms with Crippen LogP contribution >= 0.6 is 23.1 Å². The molecule has 24 heavy (non-hydrogen) atoms. The number of rotatable bonds is 6. The minimum Gasteiger partial charge on any atom is -0.497 e. The minimum atomic E-state index is 0.00929. The van der Waals surface area contributed by atoms with Gasteiger partial charge in [-0.05, 0) is 36.1 Å². The van der Waals surface area contributed by atoms with Crippen LogP contribution in [0.1, 0.15) is 12.5 Å². The summed E-state index contributed by atoms with van der Waals surface area (Å²) >= 11 is 2.98. The molecule has 3 aromatic rings. The quantitative estimate of drug-likeness (QED) is 0.377. The highest BCUT2D eigenvalue weighted by molar-refractivity contribution is 7.99. The van der Waals surface area contributed by atoms with Crippen LogP contribution in [-0.4, -0.2) is 22.4 Å². The summed E-state index contributed by atoms with van der Waals surface area (Å²) in [5, 5.41) is 2.63. The molecule has 0 saturated heterocycles. The maximum Gasteiger partial charge on any atom is 0.272 e. The molecule has 4 nitrogen and oxygen atoms in total. The molecule has 0 aliphatic rings. The largest absolute Gasteiger partial charge is 0.497 e. The van der Waals surface area contributed by atoms with Gasteiger partial charge in [-0.2, -0.15) is 0 Å². The lowest BCUT2D eigenvalue weighted by atomic mass is 10.2. The number of thiophene rings is 1. The van der Waals surface area contributed by atoms with E-state index in [-0.39, 0.29) is 5.56 Å². The molecule has 3 rings (SSSR count). The van der Waals surface area contributed by atoms with Crippen molar-refractivity contribution in [3.8, 4) is 5.75 Å². The molecule has 2 aromatic heterocycles. The standard InChI is InChI=1S/C18H18N2O2S2/c1-12(2)11-24-18-19-15-8-9-23-16(15)17(21)20(18)10-13-4-6-14(22-3)7-5-13/h4-9H,1,10-11H2,2-3H3. The molecule has 0 spiro atoms. The molecule has 0 aliphatic carbocycles. The van der Waals surface area contributed by atoms with Crippen LogP contribution < -0.4 is 10.3 Å². The molecule has 0 atom stereocenters. The minimum absolute atomic E-state index is 0.00929. The number of hydrogen-bond acceptors (Lipinski definition) is 5. The third-order valence-electron chi connectivity index (χ3n) is 3.48. The Morgan fingerprint density at radius 3 is 2.75 bits per heavy atom. The predicted molar refractivity (Wildman–Crippen MR) is 102 cm³/mol. The van der Waals surface area contributed by atoms with E-state index in [2.05, 4.69) is 11.6 Å². The number of ether oxygens (including phenoxy) is 1. The van der Waals surface area contributed by atoms with Gasteiger partial charge in [0.25, 0.3) is 5.56 Å². The topological polar surface area (TPSA) is 44.1 Å². The van der Waals surface area contributed by atoms with Crippen molar-refractivity contribution in [1.82, 2.24) is 9.55 Å². The normalized spacial score (nSPS) is 10.9. The second-order valence-electron chi connectivity index (χ2n) is 5.51. The summed E-state index contributed by atoms with van der Waals surface area (Å²) in [7, 11) is 1.64. The van der Waals surface area contributed by atoms with Gasteiger partial charge < -0.3 is 4.74 Å². The van der Waals surface area contributed by atoms with Gasteiger partial charge in [-0.1, -0.05) is 36.0 Å². The van der Waals surface area contributed by atoms with Crippen LogP contribution in [0.2, 0.25) is 0 Å². The van der Waals surface area contributed by atoms with E-state index in [0.29, 0.717) is 11.2 Å². The van der Waals surface area contributed by atoms with E-state index < -0.39 is 0 Å². The Hall–Kier alpha value is -2.05. The molecule has 0 amide bonds. The zero-order valence-electron chi connectivity index (χ0n) is 13.6. The molecule has 124 valence electrons. The van der Waals surface area contributed by atoms with Crippen molar-refractivity contribution in [3.05, 3.63) is 63.8 Å². The summed E-state index contributed by atoms with van der Waals surface area (Å²) < 4.78 is 7.63. The van der Waals surface area contributed by atoms with E-state index in [1.165, 1.54) is 11.3 Å². The van der Waals surface area contributed by atoms with Gasteiger partial charge in [-0.3, -0.25) is 9.36 Å². The first-order valence-electron chi connectivity index (χ1n) is 7.46. The maximum atomic E-state index is 12.9. The lowest BCUT2D eigenvalue weighted by Crippen LogP contribution is -2.23. The van der Waals surface area contributed by atoms with Crippen molar-refractivity contribution in [2.45, 2.75) is 18.6 Å². The van der Waals surface area contributed by atoms with Crippen LogP contribution in [0.25, 0.3) is 10.2 Å². The van der Waals surface area contributed by atoms with Crippen molar-refractivity contribution in [2.24, 2.45) is 0 Å². The Balaban J connectivity index is 2.02. The molecule has 0 N–H and O–H groups in total. The summed E-state index contributed by atoms with van der Waals surface area (Å²) in [6, 6.07) is 9.63. The van der Waals surface area contributed by atoms with Crippen LogP contribution in [0.4, 0.5) is 0 Å². The van der Waals surface area contributed by atoms with Gasteiger partial charge in [0.2, 0.25) is 0 Å². The molecule has 2 heterocycles. The van der Waals surface area contributed by atoms with Crippen molar-refractivity contribution >= 4 is 33.3 Å². The fourth-order valence-corrected chi connectivity index (χ4v) is 3.89. The summed E-state index contributed by atoms with van der Waals surface area (Å²) in [6.07, 6.45) is 0. The lowest BCUT2D eigenvalue weighted by molar-refractivity contribution is 0.414. The number of methoxy groups -OCH3 is 1. The lowest BCUT2D eigenvalue weighted by Gasteiger charge is -2.12. The van der Waals surface area contributed by atoms with E-state index in [0.717, 1.165) is 33.3 Å². The zero-order valence-corrected chi connectivity index (χ0v) is 15.2. The fourth-order valence-electron chi connectivity index (χ4n) is 2.27. The number of nitrogens with zero attached hydrogens (tertiary/aromatic N) is 2. The monoisotopic (exact) mass is 358 g/mol. The molecule has 0 aliphatic heterocycles. The predicted octanol–water partition coefficient (Wildman–Crippen LogP) is 4.18. The van der Waals surface area contributed by atoms with Crippen molar-refractivity contribution in [2.75, 3.05) is 12.9 Å². The van der Waals surface area contributed by atoms with E-state index in [4.69, 9.17) is 4.74 Å². The highest BCUT2D eigenvalue weighted by Gasteiger charge is 2.13. The SMILES string of the molecule is C=C(C)CSc1nc2ccsc2c(=O)n1Cc1ccc(OC)cc1. The average Bonchev–Trinajstić information content (AvgIpc) is 3.05. The molecule has 0 unspecified atom stereocenters. The van der Waals surface area contributed by atoms with Gasteiger partial charge in [0.1, 0.15) is 10.4 Å². The number of hydrogen-bond donors (Lipinski definition) is 0. The van der Waals surface area contributed by atoms with Crippen molar-refractivity contribution in [1.29, 1.82) is 0 Å². The van der Waals surface area contributed by atoms with Crippen LogP contribution in [0.5, 0.6) is 5.75 Å². The molecular weight excluding hydrogens is 340 g/mol. The van der Waals surface area contributed by atoms with E-state index >= 15 is 0 Å². The van der Waals surface area contributed by atoms with Crippen molar-refractivity contribution in [3.63, 3.8) is 0 Å². The molecular formula is C18H18N2O2S2. The smallest absolute Gasteiger partial charge is 0.272 e.